The highest BCUT2D eigenvalue weighted by Crippen LogP contribution is 2.40. The van der Waals surface area contributed by atoms with Crippen molar-refractivity contribution in [3.8, 4) is 0 Å². The number of carbonyl (C=O) groups excluding carboxylic acids is 2. The van der Waals surface area contributed by atoms with E-state index in [4.69, 9.17) is 9.16 Å². The van der Waals surface area contributed by atoms with Crippen LogP contribution in [0.25, 0.3) is 0 Å². The van der Waals surface area contributed by atoms with Gasteiger partial charge in [0.05, 0.1) is 12.6 Å². The third-order valence-electron chi connectivity index (χ3n) is 6.89. The van der Waals surface area contributed by atoms with Gasteiger partial charge in [-0.3, -0.25) is 4.90 Å². The monoisotopic (exact) mass is 501 g/mol. The first-order chi connectivity index (χ1) is 17.1. The van der Waals surface area contributed by atoms with Gasteiger partial charge in [0.25, 0.3) is 8.32 Å². The van der Waals surface area contributed by atoms with E-state index in [-0.39, 0.29) is 17.5 Å². The van der Waals surface area contributed by atoms with Crippen molar-refractivity contribution in [1.29, 1.82) is 0 Å². The molecule has 0 radical (unpaired) electrons. The molecule has 1 aliphatic heterocycles. The topological polar surface area (TPSA) is 55.8 Å². The van der Waals surface area contributed by atoms with Gasteiger partial charge in [-0.25, -0.2) is 9.59 Å². The maximum Gasteiger partial charge on any atom is 0.418 e. The van der Waals surface area contributed by atoms with Crippen LogP contribution in [0.4, 0.5) is 4.79 Å². The maximum atomic E-state index is 13.2. The maximum absolute atomic E-state index is 13.2. The van der Waals surface area contributed by atoms with Crippen LogP contribution in [0, 0.1) is 5.92 Å². The van der Waals surface area contributed by atoms with Crippen molar-refractivity contribution in [3.05, 3.63) is 96.6 Å². The van der Waals surface area contributed by atoms with E-state index >= 15 is 0 Å². The van der Waals surface area contributed by atoms with Crippen LogP contribution in [0.2, 0.25) is 5.04 Å². The second-order valence-corrected chi connectivity index (χ2v) is 15.0. The third kappa shape index (κ3) is 4.88. The SMILES string of the molecule is CC(C)[C@@H](O[Si](c1ccccc1)(c1ccccc1)C(C)(C)C)[C@H]1C(=O)OC(=O)N1Cc1ccccc1. The van der Waals surface area contributed by atoms with Crippen LogP contribution in [-0.4, -0.2) is 37.4 Å². The number of hydrogen-bond donors (Lipinski definition) is 0. The van der Waals surface area contributed by atoms with E-state index in [0.29, 0.717) is 0 Å². The molecule has 3 aromatic rings. The predicted octanol–water partition coefficient (Wildman–Crippen LogP) is 5.14. The molecule has 0 N–H and O–H groups in total. The van der Waals surface area contributed by atoms with Crippen LogP contribution in [0.1, 0.15) is 40.2 Å². The summed E-state index contributed by atoms with van der Waals surface area (Å²) < 4.78 is 12.5. The highest BCUT2D eigenvalue weighted by Gasteiger charge is 2.56. The molecule has 1 heterocycles. The Balaban J connectivity index is 1.84. The molecule has 0 bridgehead atoms. The lowest BCUT2D eigenvalue weighted by Gasteiger charge is -2.47. The van der Waals surface area contributed by atoms with E-state index in [9.17, 15) is 9.59 Å². The lowest BCUT2D eigenvalue weighted by atomic mass is 9.99. The summed E-state index contributed by atoms with van der Waals surface area (Å²) in [4.78, 5) is 27.6. The first-order valence-corrected chi connectivity index (χ1v) is 14.4. The Kier molecular flexibility index (Phi) is 7.48. The van der Waals surface area contributed by atoms with Gasteiger partial charge < -0.3 is 9.16 Å². The summed E-state index contributed by atoms with van der Waals surface area (Å²) in [6.45, 7) is 11.0. The molecule has 4 rings (SSSR count). The van der Waals surface area contributed by atoms with E-state index in [1.54, 1.807) is 0 Å². The van der Waals surface area contributed by atoms with Crippen LogP contribution in [0.5, 0.6) is 0 Å². The van der Waals surface area contributed by atoms with Gasteiger partial charge in [0.2, 0.25) is 0 Å². The molecular formula is C30H35NO4Si. The summed E-state index contributed by atoms with van der Waals surface area (Å²) in [5.41, 5.74) is 0.933. The summed E-state index contributed by atoms with van der Waals surface area (Å²) in [7, 11) is -2.96. The largest absolute Gasteiger partial charge is 0.418 e. The smallest absolute Gasteiger partial charge is 0.401 e. The first-order valence-electron chi connectivity index (χ1n) is 12.5. The number of rotatable bonds is 8. The summed E-state index contributed by atoms with van der Waals surface area (Å²) in [5, 5.41) is 1.99. The van der Waals surface area contributed by atoms with Crippen LogP contribution < -0.4 is 10.4 Å². The molecule has 0 unspecified atom stereocenters. The standard InChI is InChI=1S/C30H35NO4Si/c1-22(2)27(26-28(32)34-29(33)31(26)21-23-15-9-6-10-16-23)35-36(30(3,4)5,24-17-11-7-12-18-24)25-19-13-8-14-20-25/h6-20,22,26-27H,21H2,1-5H3/t26-,27+/m0/s1. The second kappa shape index (κ2) is 10.4. The van der Waals surface area contributed by atoms with Gasteiger partial charge in [-0.1, -0.05) is 126 Å². The van der Waals surface area contributed by atoms with E-state index in [2.05, 4.69) is 45.0 Å². The van der Waals surface area contributed by atoms with Gasteiger partial charge in [0.15, 0.2) is 6.04 Å². The van der Waals surface area contributed by atoms with Crippen LogP contribution >= 0.6 is 0 Å². The fourth-order valence-electron chi connectivity index (χ4n) is 5.16. The highest BCUT2D eigenvalue weighted by molar-refractivity contribution is 6.99. The Morgan fingerprint density at radius 3 is 1.75 bits per heavy atom. The number of nitrogens with zero attached hydrogens (tertiary/aromatic N) is 1. The molecule has 5 nitrogen and oxygen atoms in total. The third-order valence-corrected chi connectivity index (χ3v) is 11.9. The number of carbonyl (C=O) groups is 2. The average Bonchev–Trinajstić information content (AvgIpc) is 3.13. The van der Waals surface area contributed by atoms with Gasteiger partial charge in [0, 0.05) is 0 Å². The van der Waals surface area contributed by atoms with Gasteiger partial charge >= 0.3 is 12.1 Å². The van der Waals surface area contributed by atoms with Crippen molar-refractivity contribution in [3.63, 3.8) is 0 Å². The molecule has 2 atom stereocenters. The van der Waals surface area contributed by atoms with Gasteiger partial charge in [0.1, 0.15) is 0 Å². The minimum atomic E-state index is -2.96. The molecule has 0 spiro atoms. The van der Waals surface area contributed by atoms with E-state index < -0.39 is 32.5 Å². The molecule has 6 heteroatoms. The number of esters is 1. The number of hydrogen-bond acceptors (Lipinski definition) is 4. The Morgan fingerprint density at radius 2 is 1.31 bits per heavy atom. The molecule has 0 aromatic heterocycles. The van der Waals surface area contributed by atoms with Crippen LogP contribution in [-0.2, 0) is 20.5 Å². The molecular weight excluding hydrogens is 466 g/mol. The normalized spacial score (nSPS) is 17.4. The summed E-state index contributed by atoms with van der Waals surface area (Å²) in [5.74, 6) is -0.596. The lowest BCUT2D eigenvalue weighted by molar-refractivity contribution is -0.139. The van der Waals surface area contributed by atoms with Gasteiger partial charge in [-0.05, 0) is 26.9 Å². The molecule has 1 amide bonds. The number of amides is 1. The summed E-state index contributed by atoms with van der Waals surface area (Å²) >= 11 is 0. The number of ether oxygens (including phenoxy) is 1. The quantitative estimate of drug-likeness (QED) is 0.244. The minimum Gasteiger partial charge on any atom is -0.401 e. The predicted molar refractivity (Wildman–Crippen MR) is 145 cm³/mol. The molecule has 1 saturated heterocycles. The van der Waals surface area contributed by atoms with E-state index in [0.717, 1.165) is 15.9 Å². The minimum absolute atomic E-state index is 0.0478. The van der Waals surface area contributed by atoms with E-state index in [1.165, 1.54) is 4.90 Å². The molecule has 3 aromatic carbocycles. The Morgan fingerprint density at radius 1 is 0.833 bits per heavy atom. The number of cyclic esters (lactones) is 2. The lowest BCUT2D eigenvalue weighted by Crippen LogP contribution is -2.69. The Labute approximate surface area is 215 Å². The molecule has 1 fully saturated rings. The highest BCUT2D eigenvalue weighted by atomic mass is 28.4. The fraction of sp³-hybridized carbons (Fsp3) is 0.333. The number of benzene rings is 3. The van der Waals surface area contributed by atoms with E-state index in [1.807, 2.05) is 80.6 Å². The van der Waals surface area contributed by atoms with Crippen molar-refractivity contribution in [2.75, 3.05) is 0 Å². The summed E-state index contributed by atoms with van der Waals surface area (Å²) in [6.07, 6.45) is -1.18. The van der Waals surface area contributed by atoms with Gasteiger partial charge in [-0.15, -0.1) is 0 Å². The summed E-state index contributed by atoms with van der Waals surface area (Å²) in [6, 6.07) is 29.5. The average molecular weight is 502 g/mol. The second-order valence-electron chi connectivity index (χ2n) is 10.7. The van der Waals surface area contributed by atoms with Crippen molar-refractivity contribution in [2.45, 2.75) is 58.3 Å². The molecule has 0 aliphatic carbocycles. The zero-order valence-electron chi connectivity index (χ0n) is 21.7. The van der Waals surface area contributed by atoms with Crippen LogP contribution in [0.15, 0.2) is 91.0 Å². The molecule has 188 valence electrons. The molecule has 1 aliphatic rings. The van der Waals surface area contributed by atoms with Gasteiger partial charge in [-0.2, -0.15) is 0 Å². The fourth-order valence-corrected chi connectivity index (χ4v) is 9.99. The van der Waals surface area contributed by atoms with Crippen molar-refractivity contribution in [1.82, 2.24) is 4.90 Å². The zero-order valence-corrected chi connectivity index (χ0v) is 22.7. The Bertz CT molecular complexity index is 1140. The molecule has 36 heavy (non-hydrogen) atoms. The Hall–Kier alpha value is -3.22. The van der Waals surface area contributed by atoms with Crippen molar-refractivity contribution < 1.29 is 18.8 Å². The van der Waals surface area contributed by atoms with Crippen molar-refractivity contribution in [2.24, 2.45) is 5.92 Å². The zero-order chi connectivity index (χ0) is 25.9. The first kappa shape index (κ1) is 25.9. The van der Waals surface area contributed by atoms with Crippen LogP contribution in [0.3, 0.4) is 0 Å². The van der Waals surface area contributed by atoms with Crippen molar-refractivity contribution >= 4 is 30.8 Å². The molecule has 0 saturated carbocycles.